The van der Waals surface area contributed by atoms with Crippen LogP contribution >= 0.6 is 0 Å². The van der Waals surface area contributed by atoms with Crippen molar-refractivity contribution >= 4 is 5.91 Å². The molecule has 0 aliphatic rings. The van der Waals surface area contributed by atoms with E-state index in [0.717, 1.165) is 12.8 Å². The van der Waals surface area contributed by atoms with Gasteiger partial charge in [-0.15, -0.1) is 0 Å². The lowest BCUT2D eigenvalue weighted by Gasteiger charge is -2.19. The molecule has 0 heterocycles. The first-order valence-electron chi connectivity index (χ1n) is 6.71. The van der Waals surface area contributed by atoms with Gasteiger partial charge >= 0.3 is 0 Å². The van der Waals surface area contributed by atoms with Crippen LogP contribution in [0, 0.1) is 12.7 Å². The Kier molecular flexibility index (Phi) is 5.80. The maximum absolute atomic E-state index is 13.8. The quantitative estimate of drug-likeness (QED) is 0.859. The highest BCUT2D eigenvalue weighted by atomic mass is 19.1. The fraction of sp³-hybridized carbons (Fsp3) is 0.533. The number of ether oxygens (including phenoxy) is 1. The number of hydrogen-bond acceptors (Lipinski definition) is 2. The van der Waals surface area contributed by atoms with E-state index in [4.69, 9.17) is 4.74 Å². The lowest BCUT2D eigenvalue weighted by Crippen LogP contribution is -2.42. The Morgan fingerprint density at radius 2 is 2.00 bits per heavy atom. The molecule has 4 heteroatoms. The standard InChI is InChI=1S/C15H22FNO2/c1-5-12(6-2)17-15(18)11(4)19-13-9-7-8-10(3)14(13)16/h7-9,11-12H,5-6H2,1-4H3,(H,17,18). The minimum absolute atomic E-state index is 0.118. The van der Waals surface area contributed by atoms with Crippen LogP contribution in [0.4, 0.5) is 4.39 Å². The number of carbonyl (C=O) groups excluding carboxylic acids is 1. The van der Waals surface area contributed by atoms with Gasteiger partial charge in [-0.2, -0.15) is 0 Å². The molecule has 1 rings (SSSR count). The van der Waals surface area contributed by atoms with E-state index in [1.54, 1.807) is 26.0 Å². The van der Waals surface area contributed by atoms with E-state index in [1.807, 2.05) is 13.8 Å². The van der Waals surface area contributed by atoms with Gasteiger partial charge in [0.2, 0.25) is 0 Å². The van der Waals surface area contributed by atoms with E-state index >= 15 is 0 Å². The highest BCUT2D eigenvalue weighted by Gasteiger charge is 2.19. The van der Waals surface area contributed by atoms with Gasteiger partial charge < -0.3 is 10.1 Å². The summed E-state index contributed by atoms with van der Waals surface area (Å²) in [4.78, 5) is 11.9. The molecule has 1 aromatic carbocycles. The Hall–Kier alpha value is -1.58. The summed E-state index contributed by atoms with van der Waals surface area (Å²) in [6.07, 6.45) is 1.03. The summed E-state index contributed by atoms with van der Waals surface area (Å²) in [5, 5.41) is 2.88. The van der Waals surface area contributed by atoms with Gasteiger partial charge in [-0.1, -0.05) is 26.0 Å². The van der Waals surface area contributed by atoms with Crippen LogP contribution in [0.1, 0.15) is 39.2 Å². The first-order valence-corrected chi connectivity index (χ1v) is 6.71. The van der Waals surface area contributed by atoms with Gasteiger partial charge in [-0.25, -0.2) is 4.39 Å². The lowest BCUT2D eigenvalue weighted by molar-refractivity contribution is -0.128. The smallest absolute Gasteiger partial charge is 0.260 e. The molecule has 1 unspecified atom stereocenters. The summed E-state index contributed by atoms with van der Waals surface area (Å²) in [6.45, 7) is 7.32. The highest BCUT2D eigenvalue weighted by Crippen LogP contribution is 2.20. The molecule has 1 atom stereocenters. The Bertz CT molecular complexity index is 430. The predicted octanol–water partition coefficient (Wildman–Crippen LogP) is 3.21. The van der Waals surface area contributed by atoms with Crippen LogP contribution < -0.4 is 10.1 Å². The molecule has 0 aromatic heterocycles. The van der Waals surface area contributed by atoms with Crippen molar-refractivity contribution in [3.8, 4) is 5.75 Å². The second-order valence-electron chi connectivity index (χ2n) is 4.67. The number of nitrogens with one attached hydrogen (secondary N) is 1. The second-order valence-corrected chi connectivity index (χ2v) is 4.67. The second kappa shape index (κ2) is 7.12. The van der Waals surface area contributed by atoms with Gasteiger partial charge in [-0.3, -0.25) is 4.79 Å². The molecule has 0 saturated carbocycles. The number of rotatable bonds is 6. The average molecular weight is 267 g/mol. The number of amides is 1. The van der Waals surface area contributed by atoms with Crippen molar-refractivity contribution in [3.05, 3.63) is 29.6 Å². The number of halogens is 1. The van der Waals surface area contributed by atoms with Crippen LogP contribution in [0.3, 0.4) is 0 Å². The Morgan fingerprint density at radius 3 is 2.58 bits per heavy atom. The SMILES string of the molecule is CCC(CC)NC(=O)C(C)Oc1cccc(C)c1F. The van der Waals surface area contributed by atoms with Crippen LogP contribution in [-0.2, 0) is 4.79 Å². The van der Waals surface area contributed by atoms with Gasteiger partial charge in [-0.05, 0) is 38.3 Å². The van der Waals surface area contributed by atoms with Gasteiger partial charge in [0.05, 0.1) is 0 Å². The molecule has 1 amide bonds. The fourth-order valence-corrected chi connectivity index (χ4v) is 1.77. The molecule has 0 bridgehead atoms. The summed E-state index contributed by atoms with van der Waals surface area (Å²) in [7, 11) is 0. The summed E-state index contributed by atoms with van der Waals surface area (Å²) in [6, 6.07) is 5.04. The number of hydrogen-bond donors (Lipinski definition) is 1. The zero-order valence-electron chi connectivity index (χ0n) is 12.0. The normalized spacial score (nSPS) is 12.3. The van der Waals surface area contributed by atoms with Gasteiger partial charge in [0, 0.05) is 6.04 Å². The van der Waals surface area contributed by atoms with Crippen molar-refractivity contribution in [1.29, 1.82) is 0 Å². The van der Waals surface area contributed by atoms with E-state index in [2.05, 4.69) is 5.32 Å². The maximum Gasteiger partial charge on any atom is 0.260 e. The molecule has 0 spiro atoms. The molecule has 0 fully saturated rings. The molecule has 0 radical (unpaired) electrons. The minimum Gasteiger partial charge on any atom is -0.478 e. The van der Waals surface area contributed by atoms with E-state index in [9.17, 15) is 9.18 Å². The van der Waals surface area contributed by atoms with Crippen molar-refractivity contribution in [2.75, 3.05) is 0 Å². The third kappa shape index (κ3) is 4.23. The van der Waals surface area contributed by atoms with E-state index < -0.39 is 11.9 Å². The van der Waals surface area contributed by atoms with E-state index in [0.29, 0.717) is 5.56 Å². The molecular formula is C15H22FNO2. The first kappa shape index (κ1) is 15.5. The molecule has 0 aliphatic heterocycles. The summed E-state index contributed by atoms with van der Waals surface area (Å²) >= 11 is 0. The molecule has 19 heavy (non-hydrogen) atoms. The van der Waals surface area contributed by atoms with Crippen LogP contribution in [0.15, 0.2) is 18.2 Å². The molecule has 0 saturated heterocycles. The molecular weight excluding hydrogens is 245 g/mol. The van der Waals surface area contributed by atoms with Crippen LogP contribution in [-0.4, -0.2) is 18.1 Å². The Balaban J connectivity index is 2.66. The highest BCUT2D eigenvalue weighted by molar-refractivity contribution is 5.81. The number of carbonyl (C=O) groups is 1. The van der Waals surface area contributed by atoms with Crippen LogP contribution in [0.25, 0.3) is 0 Å². The van der Waals surface area contributed by atoms with E-state index in [1.165, 1.54) is 6.07 Å². The molecule has 0 aliphatic carbocycles. The van der Waals surface area contributed by atoms with Crippen LogP contribution in [0.2, 0.25) is 0 Å². The maximum atomic E-state index is 13.8. The average Bonchev–Trinajstić information content (AvgIpc) is 2.40. The van der Waals surface area contributed by atoms with Gasteiger partial charge in [0.25, 0.3) is 5.91 Å². The van der Waals surface area contributed by atoms with Crippen molar-refractivity contribution in [3.63, 3.8) is 0 Å². The third-order valence-corrected chi connectivity index (χ3v) is 3.16. The number of aryl methyl sites for hydroxylation is 1. The number of benzene rings is 1. The lowest BCUT2D eigenvalue weighted by atomic mass is 10.1. The first-order chi connectivity index (χ1) is 8.99. The molecule has 1 aromatic rings. The molecule has 3 nitrogen and oxygen atoms in total. The zero-order valence-corrected chi connectivity index (χ0v) is 12.0. The third-order valence-electron chi connectivity index (χ3n) is 3.16. The predicted molar refractivity (Wildman–Crippen MR) is 73.7 cm³/mol. The largest absolute Gasteiger partial charge is 0.478 e. The summed E-state index contributed by atoms with van der Waals surface area (Å²) < 4.78 is 19.2. The summed E-state index contributed by atoms with van der Waals surface area (Å²) in [5.74, 6) is -0.508. The Labute approximate surface area is 114 Å². The van der Waals surface area contributed by atoms with Crippen molar-refractivity contribution in [2.45, 2.75) is 52.7 Å². The topological polar surface area (TPSA) is 38.3 Å². The molecule has 1 N–H and O–H groups in total. The van der Waals surface area contributed by atoms with Crippen molar-refractivity contribution < 1.29 is 13.9 Å². The van der Waals surface area contributed by atoms with Gasteiger partial charge in [0.1, 0.15) is 0 Å². The van der Waals surface area contributed by atoms with Gasteiger partial charge in [0.15, 0.2) is 17.7 Å². The molecule has 106 valence electrons. The Morgan fingerprint density at radius 1 is 1.37 bits per heavy atom. The van der Waals surface area contributed by atoms with Crippen molar-refractivity contribution in [2.24, 2.45) is 0 Å². The van der Waals surface area contributed by atoms with Crippen LogP contribution in [0.5, 0.6) is 5.75 Å². The minimum atomic E-state index is -0.711. The fourth-order valence-electron chi connectivity index (χ4n) is 1.77. The zero-order chi connectivity index (χ0) is 14.4. The van der Waals surface area contributed by atoms with E-state index in [-0.39, 0.29) is 17.7 Å². The monoisotopic (exact) mass is 267 g/mol. The van der Waals surface area contributed by atoms with Crippen molar-refractivity contribution in [1.82, 2.24) is 5.32 Å². The summed E-state index contributed by atoms with van der Waals surface area (Å²) in [5.41, 5.74) is 0.505.